The molecular weight excluding hydrogens is 204 g/mol. The predicted molar refractivity (Wildman–Crippen MR) is 50.4 cm³/mol. The van der Waals surface area contributed by atoms with Crippen LogP contribution >= 0.6 is 11.3 Å². The molecule has 74 valence electrons. The van der Waals surface area contributed by atoms with Crippen LogP contribution in [0.15, 0.2) is 0 Å². The lowest BCUT2D eigenvalue weighted by Gasteiger charge is -2.07. The fraction of sp³-hybridized carbons (Fsp3) is 0.375. The highest BCUT2D eigenvalue weighted by Gasteiger charge is 2.22. The molecule has 1 aliphatic heterocycles. The summed E-state index contributed by atoms with van der Waals surface area (Å²) in [4.78, 5) is 26.7. The SMILES string of the molecule is CC(=O)Nc1nc2c(s1)C(=O)COC2. The number of fused-ring (bicyclic) bond motifs is 1. The van der Waals surface area contributed by atoms with Gasteiger partial charge in [-0.15, -0.1) is 0 Å². The highest BCUT2D eigenvalue weighted by molar-refractivity contribution is 7.17. The van der Waals surface area contributed by atoms with Crippen molar-refractivity contribution in [1.29, 1.82) is 0 Å². The summed E-state index contributed by atoms with van der Waals surface area (Å²) in [5.74, 6) is -0.259. The first-order valence-electron chi connectivity index (χ1n) is 4.05. The molecule has 0 spiro atoms. The van der Waals surface area contributed by atoms with Gasteiger partial charge in [0, 0.05) is 6.92 Å². The molecule has 0 unspecified atom stereocenters. The Balaban J connectivity index is 2.30. The fourth-order valence-electron chi connectivity index (χ4n) is 1.18. The standard InChI is InChI=1S/C8H8N2O3S/c1-4(11)9-8-10-5-2-13-3-6(12)7(5)14-8/h2-3H2,1H3,(H,9,10,11). The van der Waals surface area contributed by atoms with E-state index in [4.69, 9.17) is 4.74 Å². The number of aromatic nitrogens is 1. The van der Waals surface area contributed by atoms with Gasteiger partial charge in [-0.05, 0) is 0 Å². The third-order valence-electron chi connectivity index (χ3n) is 1.71. The Kier molecular flexibility index (Phi) is 2.30. The van der Waals surface area contributed by atoms with Gasteiger partial charge in [-0.2, -0.15) is 0 Å². The van der Waals surface area contributed by atoms with Crippen molar-refractivity contribution in [3.63, 3.8) is 0 Å². The minimum atomic E-state index is -0.190. The molecule has 2 rings (SSSR count). The van der Waals surface area contributed by atoms with Crippen molar-refractivity contribution in [3.8, 4) is 0 Å². The van der Waals surface area contributed by atoms with Gasteiger partial charge < -0.3 is 10.1 Å². The van der Waals surface area contributed by atoms with E-state index in [9.17, 15) is 9.59 Å². The summed E-state index contributed by atoms with van der Waals surface area (Å²) in [7, 11) is 0. The maximum atomic E-state index is 11.3. The van der Waals surface area contributed by atoms with Gasteiger partial charge in [0.15, 0.2) is 10.9 Å². The number of carbonyl (C=O) groups is 2. The number of nitrogens with one attached hydrogen (secondary N) is 1. The molecule has 0 atom stereocenters. The molecule has 0 fully saturated rings. The first-order chi connectivity index (χ1) is 6.66. The number of thiazole rings is 1. The smallest absolute Gasteiger partial charge is 0.223 e. The Morgan fingerprint density at radius 2 is 2.36 bits per heavy atom. The second kappa shape index (κ2) is 3.47. The quantitative estimate of drug-likeness (QED) is 0.748. The van der Waals surface area contributed by atoms with Crippen LogP contribution in [-0.2, 0) is 16.1 Å². The number of amides is 1. The summed E-state index contributed by atoms with van der Waals surface area (Å²) in [6.45, 7) is 1.85. The van der Waals surface area contributed by atoms with Gasteiger partial charge in [0.2, 0.25) is 5.91 Å². The van der Waals surface area contributed by atoms with E-state index in [1.54, 1.807) is 0 Å². The third kappa shape index (κ3) is 1.66. The van der Waals surface area contributed by atoms with Crippen LogP contribution in [0, 0.1) is 0 Å². The summed E-state index contributed by atoms with van der Waals surface area (Å²) < 4.78 is 5.01. The second-order valence-corrected chi connectivity index (χ2v) is 3.89. The first-order valence-corrected chi connectivity index (χ1v) is 4.86. The van der Waals surface area contributed by atoms with E-state index in [-0.39, 0.29) is 18.3 Å². The number of rotatable bonds is 1. The van der Waals surface area contributed by atoms with E-state index in [1.165, 1.54) is 18.3 Å². The highest BCUT2D eigenvalue weighted by Crippen LogP contribution is 2.26. The predicted octanol–water partition coefficient (Wildman–Crippen LogP) is 0.814. The Morgan fingerprint density at radius 1 is 1.57 bits per heavy atom. The van der Waals surface area contributed by atoms with Crippen LogP contribution in [0.4, 0.5) is 5.13 Å². The van der Waals surface area contributed by atoms with Crippen molar-refractivity contribution >= 4 is 28.2 Å². The lowest BCUT2D eigenvalue weighted by atomic mass is 10.2. The minimum absolute atomic E-state index is 0.0691. The second-order valence-electron chi connectivity index (χ2n) is 2.89. The van der Waals surface area contributed by atoms with Crippen LogP contribution in [0.25, 0.3) is 0 Å². The summed E-state index contributed by atoms with van der Waals surface area (Å²) in [5, 5.41) is 3.00. The first kappa shape index (κ1) is 9.29. The maximum absolute atomic E-state index is 11.3. The molecule has 0 saturated carbocycles. The fourth-order valence-corrected chi connectivity index (χ4v) is 2.12. The molecule has 5 nitrogen and oxygen atoms in total. The van der Waals surface area contributed by atoms with Crippen LogP contribution in [0.3, 0.4) is 0 Å². The Hall–Kier alpha value is -1.27. The number of ether oxygens (including phenoxy) is 1. The van der Waals surface area contributed by atoms with Gasteiger partial charge >= 0.3 is 0 Å². The lowest BCUT2D eigenvalue weighted by molar-refractivity contribution is -0.114. The van der Waals surface area contributed by atoms with Gasteiger partial charge in [-0.3, -0.25) is 9.59 Å². The molecule has 1 aromatic rings. The van der Waals surface area contributed by atoms with Crippen LogP contribution in [-0.4, -0.2) is 23.3 Å². The largest absolute Gasteiger partial charge is 0.367 e. The van der Waals surface area contributed by atoms with Gasteiger partial charge in [0.05, 0.1) is 12.3 Å². The Labute approximate surface area is 84.1 Å². The molecule has 0 aliphatic carbocycles. The summed E-state index contributed by atoms with van der Waals surface area (Å²) >= 11 is 1.20. The maximum Gasteiger partial charge on any atom is 0.223 e. The van der Waals surface area contributed by atoms with Crippen LogP contribution < -0.4 is 5.32 Å². The van der Waals surface area contributed by atoms with E-state index in [1.807, 2.05) is 0 Å². The molecule has 6 heteroatoms. The molecule has 1 amide bonds. The van der Waals surface area contributed by atoms with E-state index < -0.39 is 0 Å². The Morgan fingerprint density at radius 3 is 3.00 bits per heavy atom. The van der Waals surface area contributed by atoms with Gasteiger partial charge in [0.25, 0.3) is 0 Å². The molecule has 0 aromatic carbocycles. The average Bonchev–Trinajstić information content (AvgIpc) is 2.47. The molecule has 0 bridgehead atoms. The molecule has 0 saturated heterocycles. The van der Waals surface area contributed by atoms with Crippen molar-refractivity contribution in [2.75, 3.05) is 11.9 Å². The summed E-state index contributed by atoms with van der Waals surface area (Å²) in [6.07, 6.45) is 0. The van der Waals surface area contributed by atoms with Crippen molar-refractivity contribution in [3.05, 3.63) is 10.6 Å². The number of carbonyl (C=O) groups excluding carboxylic acids is 2. The molecule has 2 heterocycles. The number of hydrogen-bond donors (Lipinski definition) is 1. The summed E-state index contributed by atoms with van der Waals surface area (Å²) in [5.41, 5.74) is 0.620. The number of ketones is 1. The van der Waals surface area contributed by atoms with Crippen LogP contribution in [0.2, 0.25) is 0 Å². The number of anilines is 1. The summed E-state index contributed by atoms with van der Waals surface area (Å²) in [6, 6.07) is 0. The van der Waals surface area contributed by atoms with E-state index >= 15 is 0 Å². The van der Waals surface area contributed by atoms with Crippen LogP contribution in [0.5, 0.6) is 0 Å². The van der Waals surface area contributed by atoms with E-state index in [2.05, 4.69) is 10.3 Å². The Bertz CT molecular complexity index is 399. The van der Waals surface area contributed by atoms with Gasteiger partial charge in [-0.25, -0.2) is 4.98 Å². The minimum Gasteiger partial charge on any atom is -0.367 e. The van der Waals surface area contributed by atoms with Crippen LogP contribution in [0.1, 0.15) is 22.3 Å². The molecular formula is C8H8N2O3S. The molecule has 14 heavy (non-hydrogen) atoms. The van der Waals surface area contributed by atoms with E-state index in [0.717, 1.165) is 0 Å². The van der Waals surface area contributed by atoms with Crippen molar-refractivity contribution < 1.29 is 14.3 Å². The molecule has 1 N–H and O–H groups in total. The molecule has 0 radical (unpaired) electrons. The highest BCUT2D eigenvalue weighted by atomic mass is 32.1. The topological polar surface area (TPSA) is 68.3 Å². The van der Waals surface area contributed by atoms with Crippen molar-refractivity contribution in [1.82, 2.24) is 4.98 Å². The third-order valence-corrected chi connectivity index (χ3v) is 2.76. The molecule has 1 aliphatic rings. The normalized spacial score (nSPS) is 15.1. The monoisotopic (exact) mass is 212 g/mol. The zero-order valence-corrected chi connectivity index (χ0v) is 8.31. The zero-order valence-electron chi connectivity index (χ0n) is 7.49. The van der Waals surface area contributed by atoms with Crippen molar-refractivity contribution in [2.45, 2.75) is 13.5 Å². The van der Waals surface area contributed by atoms with E-state index in [0.29, 0.717) is 22.3 Å². The average molecular weight is 212 g/mol. The zero-order chi connectivity index (χ0) is 10.1. The van der Waals surface area contributed by atoms with Crippen molar-refractivity contribution in [2.24, 2.45) is 0 Å². The number of Topliss-reactive ketones (excluding diaryl/α,β-unsaturated/α-hetero) is 1. The lowest BCUT2D eigenvalue weighted by Crippen LogP contribution is -2.16. The number of nitrogens with zero attached hydrogens (tertiary/aromatic N) is 1. The molecule has 1 aromatic heterocycles. The number of hydrogen-bond acceptors (Lipinski definition) is 5. The van der Waals surface area contributed by atoms with Gasteiger partial charge in [0.1, 0.15) is 11.5 Å². The van der Waals surface area contributed by atoms with Gasteiger partial charge in [-0.1, -0.05) is 11.3 Å².